The lowest BCUT2D eigenvalue weighted by molar-refractivity contribution is -0.148. The summed E-state index contributed by atoms with van der Waals surface area (Å²) in [6, 6.07) is 26.4. The van der Waals surface area contributed by atoms with Crippen molar-refractivity contribution < 1.29 is 32.5 Å². The molecular weight excluding hydrogens is 840 g/mol. The number of fused-ring (bicyclic) bond motifs is 1. The summed E-state index contributed by atoms with van der Waals surface area (Å²) >= 11 is 0. The van der Waals surface area contributed by atoms with Gasteiger partial charge in [-0.2, -0.15) is 8.78 Å². The Morgan fingerprint density at radius 3 is 1.91 bits per heavy atom. The van der Waals surface area contributed by atoms with Crippen LogP contribution in [0.3, 0.4) is 0 Å². The Bertz CT molecular complexity index is 2250. The molecule has 2 saturated carbocycles. The first kappa shape index (κ1) is 48.2. The van der Waals surface area contributed by atoms with Crippen molar-refractivity contribution in [1.82, 2.24) is 9.38 Å². The largest absolute Gasteiger partial charge is 0.490 e. The summed E-state index contributed by atoms with van der Waals surface area (Å²) < 4.78 is 50.3. The number of pyridine rings is 1. The molecule has 65 heavy (non-hydrogen) atoms. The summed E-state index contributed by atoms with van der Waals surface area (Å²) in [6.07, 6.45) is 18.4. The van der Waals surface area contributed by atoms with E-state index in [0.717, 1.165) is 77.0 Å². The van der Waals surface area contributed by atoms with E-state index in [1.165, 1.54) is 69.8 Å². The van der Waals surface area contributed by atoms with Gasteiger partial charge in [-0.3, -0.25) is 4.79 Å². The van der Waals surface area contributed by atoms with Crippen LogP contribution in [-0.2, 0) is 16.0 Å². The van der Waals surface area contributed by atoms with E-state index in [0.29, 0.717) is 18.6 Å². The van der Waals surface area contributed by atoms with E-state index in [9.17, 15) is 13.6 Å². The molecule has 1 saturated heterocycles. The van der Waals surface area contributed by atoms with Gasteiger partial charge in [0.15, 0.2) is 0 Å². The van der Waals surface area contributed by atoms with Crippen LogP contribution in [0.1, 0.15) is 129 Å². The van der Waals surface area contributed by atoms with Gasteiger partial charge in [-0.05, 0) is 133 Å². The van der Waals surface area contributed by atoms with Gasteiger partial charge in [-0.25, -0.2) is 4.98 Å². The molecule has 2 aromatic heterocycles. The number of piperidine rings is 1. The standard InChI is InChI=1S/C30H43O2P.C24H27F2N3O3/c1-22(2)31-27-19-13-20-28(32-23(3)4)30(27)26-18-11-12-21-29(26)33(24-14-7-5-8-15-24)25-16-9-6-10-17-25;1-3-31-23(30)17-10-12-28(13-11-17)19-8-9-22-27-16(2)20(29(22)15-19)14-18-6-4-5-7-21(18)32-24(25)26/h11-13,18-25H,5-10,14-17H2,1-4H3;4-9,15,17,24H,3,10-14H2,1-2H3. The number of hydrogen-bond acceptors (Lipinski definition) is 7. The SMILES string of the molecule is CC(C)Oc1cccc(OC(C)C)c1-c1ccccc1P(C1CCCCC1)C1CCCCC1.CCOC(=O)C1CCN(c2ccc3nc(C)c(Cc4ccccc4OC(F)F)n3c2)CC1. The quantitative estimate of drug-likeness (QED) is 0.0765. The third-order valence-electron chi connectivity index (χ3n) is 13.0. The van der Waals surface area contributed by atoms with Gasteiger partial charge in [0.1, 0.15) is 22.9 Å². The van der Waals surface area contributed by atoms with E-state index in [-0.39, 0.29) is 37.8 Å². The molecule has 0 radical (unpaired) electrons. The minimum atomic E-state index is -2.87. The molecule has 2 aliphatic carbocycles. The Kier molecular flexibility index (Phi) is 17.2. The monoisotopic (exact) mass is 910 g/mol. The predicted octanol–water partition coefficient (Wildman–Crippen LogP) is 13.3. The first-order valence-electron chi connectivity index (χ1n) is 24.3. The summed E-state index contributed by atoms with van der Waals surface area (Å²) in [5.74, 6) is 1.93. The molecule has 350 valence electrons. The number of rotatable bonds is 15. The van der Waals surface area contributed by atoms with Crippen molar-refractivity contribution in [2.75, 3.05) is 24.6 Å². The number of nitrogens with zero attached hydrogens (tertiary/aromatic N) is 3. The average Bonchev–Trinajstić information content (AvgIpc) is 3.61. The number of imidazole rings is 1. The molecule has 5 aromatic rings. The molecule has 0 unspecified atom stereocenters. The number of hydrogen-bond donors (Lipinski definition) is 0. The molecule has 3 aliphatic rings. The number of anilines is 1. The third kappa shape index (κ3) is 12.4. The molecule has 0 amide bonds. The summed E-state index contributed by atoms with van der Waals surface area (Å²) in [5.41, 5.74) is 8.53. The van der Waals surface area contributed by atoms with Gasteiger partial charge < -0.3 is 28.2 Å². The van der Waals surface area contributed by atoms with Gasteiger partial charge in [0.2, 0.25) is 0 Å². The van der Waals surface area contributed by atoms with Gasteiger partial charge in [0.05, 0.1) is 41.7 Å². The van der Waals surface area contributed by atoms with Crippen molar-refractivity contribution in [2.45, 2.75) is 155 Å². The van der Waals surface area contributed by atoms with Crippen molar-refractivity contribution in [3.8, 4) is 28.4 Å². The number of para-hydroxylation sites is 1. The second-order valence-electron chi connectivity index (χ2n) is 18.4. The molecule has 11 heteroatoms. The van der Waals surface area contributed by atoms with Crippen molar-refractivity contribution in [3.05, 3.63) is 102 Å². The topological polar surface area (TPSA) is 74.5 Å². The lowest BCUT2D eigenvalue weighted by Crippen LogP contribution is -2.37. The van der Waals surface area contributed by atoms with Gasteiger partial charge in [0, 0.05) is 37.0 Å². The Balaban J connectivity index is 0.000000194. The van der Waals surface area contributed by atoms with E-state index in [4.69, 9.17) is 18.9 Å². The number of alkyl halides is 2. The van der Waals surface area contributed by atoms with E-state index in [1.54, 1.807) is 23.5 Å². The second kappa shape index (κ2) is 23.2. The minimum absolute atomic E-state index is 0.0488. The van der Waals surface area contributed by atoms with E-state index < -0.39 is 6.61 Å². The molecule has 0 bridgehead atoms. The Morgan fingerprint density at radius 2 is 1.31 bits per heavy atom. The van der Waals surface area contributed by atoms with Crippen LogP contribution in [-0.4, -0.2) is 65.2 Å². The van der Waals surface area contributed by atoms with Crippen LogP contribution in [0, 0.1) is 12.8 Å². The second-order valence-corrected chi connectivity index (χ2v) is 21.2. The zero-order valence-electron chi connectivity index (χ0n) is 39.4. The van der Waals surface area contributed by atoms with Crippen LogP contribution in [0.15, 0.2) is 85.1 Å². The smallest absolute Gasteiger partial charge is 0.387 e. The van der Waals surface area contributed by atoms with Gasteiger partial charge in [-0.15, -0.1) is 0 Å². The third-order valence-corrected chi connectivity index (χ3v) is 16.6. The highest BCUT2D eigenvalue weighted by molar-refractivity contribution is 7.67. The van der Waals surface area contributed by atoms with E-state index in [2.05, 4.69) is 80.0 Å². The van der Waals surface area contributed by atoms with Gasteiger partial charge in [-0.1, -0.05) is 95.0 Å². The maximum Gasteiger partial charge on any atom is 0.387 e. The van der Waals surface area contributed by atoms with E-state index in [1.807, 2.05) is 42.6 Å². The fourth-order valence-corrected chi connectivity index (χ4v) is 14.0. The zero-order chi connectivity index (χ0) is 45.9. The molecule has 3 aromatic carbocycles. The maximum absolute atomic E-state index is 12.8. The highest BCUT2D eigenvalue weighted by Gasteiger charge is 2.35. The molecule has 3 heterocycles. The summed E-state index contributed by atoms with van der Waals surface area (Å²) in [7, 11) is -0.213. The maximum atomic E-state index is 12.8. The summed E-state index contributed by atoms with van der Waals surface area (Å²) in [5, 5.41) is 1.60. The van der Waals surface area contributed by atoms with Crippen molar-refractivity contribution >= 4 is 30.5 Å². The molecule has 0 N–H and O–H groups in total. The zero-order valence-corrected chi connectivity index (χ0v) is 40.3. The van der Waals surface area contributed by atoms with Gasteiger partial charge >= 0.3 is 12.6 Å². The summed E-state index contributed by atoms with van der Waals surface area (Å²) in [6.45, 7) is 11.3. The minimum Gasteiger partial charge on any atom is -0.490 e. The van der Waals surface area contributed by atoms with Crippen LogP contribution in [0.4, 0.5) is 14.5 Å². The van der Waals surface area contributed by atoms with Crippen LogP contribution in [0.5, 0.6) is 17.2 Å². The van der Waals surface area contributed by atoms with Crippen molar-refractivity contribution in [2.24, 2.45) is 5.92 Å². The Hall–Kier alpha value is -4.69. The highest BCUT2D eigenvalue weighted by atomic mass is 31.1. The number of carbonyl (C=O) groups excluding carboxylic acids is 1. The Morgan fingerprint density at radius 1 is 0.723 bits per heavy atom. The average molecular weight is 910 g/mol. The molecular formula is C54H70F2N3O5P. The Labute approximate surface area is 387 Å². The number of benzene rings is 3. The van der Waals surface area contributed by atoms with E-state index >= 15 is 0 Å². The number of aromatic nitrogens is 2. The van der Waals surface area contributed by atoms with Crippen LogP contribution in [0.2, 0.25) is 0 Å². The molecule has 8 rings (SSSR count). The van der Waals surface area contributed by atoms with Crippen LogP contribution in [0.25, 0.3) is 16.8 Å². The number of carbonyl (C=O) groups is 1. The number of aryl methyl sites for hydroxylation is 1. The lowest BCUT2D eigenvalue weighted by atomic mass is 9.97. The fraction of sp³-hybridized carbons (Fsp3) is 0.519. The fourth-order valence-electron chi connectivity index (χ4n) is 10.1. The molecule has 0 spiro atoms. The first-order valence-corrected chi connectivity index (χ1v) is 25.7. The number of esters is 1. The molecule has 1 aliphatic heterocycles. The van der Waals surface area contributed by atoms with Crippen LogP contribution >= 0.6 is 7.92 Å². The van der Waals surface area contributed by atoms with Gasteiger partial charge in [0.25, 0.3) is 0 Å². The number of ether oxygens (including phenoxy) is 4. The number of halogens is 2. The molecule has 8 nitrogen and oxygen atoms in total. The van der Waals surface area contributed by atoms with Crippen molar-refractivity contribution in [1.29, 1.82) is 0 Å². The summed E-state index contributed by atoms with van der Waals surface area (Å²) in [4.78, 5) is 18.9. The van der Waals surface area contributed by atoms with Crippen molar-refractivity contribution in [3.63, 3.8) is 0 Å². The first-order chi connectivity index (χ1) is 31.5. The predicted molar refractivity (Wildman–Crippen MR) is 261 cm³/mol. The molecule has 0 atom stereocenters. The van der Waals surface area contributed by atoms with Crippen LogP contribution < -0.4 is 24.4 Å². The molecule has 3 fully saturated rings. The normalized spacial score (nSPS) is 16.6. The highest BCUT2D eigenvalue weighted by Crippen LogP contribution is 2.57. The lowest BCUT2D eigenvalue weighted by Gasteiger charge is -2.39.